The van der Waals surface area contributed by atoms with Gasteiger partial charge in [0.15, 0.2) is 0 Å². The fourth-order valence-electron chi connectivity index (χ4n) is 1.87. The summed E-state index contributed by atoms with van der Waals surface area (Å²) < 4.78 is 3.50. The zero-order chi connectivity index (χ0) is 14.6. The molecular weight excluding hydrogens is 322 g/mol. The van der Waals surface area contributed by atoms with Crippen LogP contribution in [0.25, 0.3) is 0 Å². The molecule has 5 heteroatoms. The number of thioether (sulfide) groups is 1. The predicted octanol–water partition coefficient (Wildman–Crippen LogP) is 3.41. The Morgan fingerprint density at radius 3 is 2.47 bits per heavy atom. The molecule has 0 spiro atoms. The van der Waals surface area contributed by atoms with Gasteiger partial charge in [-0.1, -0.05) is 27.7 Å². The van der Waals surface area contributed by atoms with Crippen molar-refractivity contribution in [2.75, 3.05) is 12.8 Å². The zero-order valence-electron chi connectivity index (χ0n) is 12.9. The monoisotopic (exact) mass is 347 g/mol. The number of halogens is 1. The van der Waals surface area contributed by atoms with Gasteiger partial charge in [0, 0.05) is 30.0 Å². The van der Waals surface area contributed by atoms with Gasteiger partial charge in [-0.15, -0.1) is 0 Å². The molecule has 0 aliphatic rings. The Labute approximate surface area is 130 Å². The summed E-state index contributed by atoms with van der Waals surface area (Å²) in [6.45, 7) is 8.93. The van der Waals surface area contributed by atoms with E-state index in [1.54, 1.807) is 0 Å². The average Bonchev–Trinajstić information content (AvgIpc) is 2.59. The number of aromatic nitrogens is 2. The van der Waals surface area contributed by atoms with Gasteiger partial charge in [-0.25, -0.2) is 0 Å². The summed E-state index contributed by atoms with van der Waals surface area (Å²) in [4.78, 5) is 0. The highest BCUT2D eigenvalue weighted by atomic mass is 79.9. The van der Waals surface area contributed by atoms with Crippen molar-refractivity contribution in [2.45, 2.75) is 51.3 Å². The standard InChI is InChI=1S/C14H26BrN3S/c1-7-11-13(15)12(18(6)17-11)8-10(16-5)9-19-14(2,3)4/h10,16H,7-9H2,1-6H3. The first-order valence-electron chi connectivity index (χ1n) is 6.80. The molecule has 110 valence electrons. The van der Waals surface area contributed by atoms with Crippen LogP contribution in [0.15, 0.2) is 4.47 Å². The van der Waals surface area contributed by atoms with Crippen LogP contribution in [0.5, 0.6) is 0 Å². The smallest absolute Gasteiger partial charge is 0.0766 e. The SMILES string of the molecule is CCc1nn(C)c(CC(CSC(C)(C)C)NC)c1Br. The van der Waals surface area contributed by atoms with Gasteiger partial charge >= 0.3 is 0 Å². The van der Waals surface area contributed by atoms with Crippen molar-refractivity contribution in [2.24, 2.45) is 7.05 Å². The topological polar surface area (TPSA) is 29.9 Å². The van der Waals surface area contributed by atoms with Crippen LogP contribution in [0, 0.1) is 0 Å². The molecule has 0 radical (unpaired) electrons. The highest BCUT2D eigenvalue weighted by Crippen LogP contribution is 2.27. The summed E-state index contributed by atoms with van der Waals surface area (Å²) in [6, 6.07) is 0.473. The Balaban J connectivity index is 2.73. The quantitative estimate of drug-likeness (QED) is 0.855. The van der Waals surface area contributed by atoms with Gasteiger partial charge in [0.2, 0.25) is 0 Å². The maximum absolute atomic E-state index is 4.56. The van der Waals surface area contributed by atoms with E-state index < -0.39 is 0 Å². The lowest BCUT2D eigenvalue weighted by molar-refractivity contribution is 0.578. The maximum Gasteiger partial charge on any atom is 0.0766 e. The summed E-state index contributed by atoms with van der Waals surface area (Å²) >= 11 is 5.69. The first-order chi connectivity index (χ1) is 8.78. The molecule has 1 unspecified atom stereocenters. The summed E-state index contributed by atoms with van der Waals surface area (Å²) in [6.07, 6.45) is 1.97. The molecule has 1 heterocycles. The highest BCUT2D eigenvalue weighted by Gasteiger charge is 2.19. The fraction of sp³-hybridized carbons (Fsp3) is 0.786. The van der Waals surface area contributed by atoms with E-state index >= 15 is 0 Å². The van der Waals surface area contributed by atoms with Gasteiger partial charge in [0.05, 0.1) is 15.9 Å². The van der Waals surface area contributed by atoms with E-state index in [9.17, 15) is 0 Å². The lowest BCUT2D eigenvalue weighted by Gasteiger charge is -2.22. The van der Waals surface area contributed by atoms with E-state index in [4.69, 9.17) is 0 Å². The van der Waals surface area contributed by atoms with Crippen LogP contribution < -0.4 is 5.32 Å². The van der Waals surface area contributed by atoms with Gasteiger partial charge in [-0.05, 0) is 29.4 Å². The van der Waals surface area contributed by atoms with Crippen molar-refractivity contribution in [1.29, 1.82) is 0 Å². The number of aryl methyl sites for hydroxylation is 2. The van der Waals surface area contributed by atoms with E-state index in [0.29, 0.717) is 10.8 Å². The van der Waals surface area contributed by atoms with Crippen molar-refractivity contribution >= 4 is 27.7 Å². The first-order valence-corrected chi connectivity index (χ1v) is 8.57. The number of nitrogens with one attached hydrogen (secondary N) is 1. The molecule has 3 nitrogen and oxygen atoms in total. The minimum absolute atomic E-state index is 0.313. The second-order valence-electron chi connectivity index (χ2n) is 5.80. The van der Waals surface area contributed by atoms with Crippen LogP contribution in [-0.4, -0.2) is 33.4 Å². The number of hydrogen-bond donors (Lipinski definition) is 1. The third kappa shape index (κ3) is 5.12. The molecule has 0 aliphatic heterocycles. The second kappa shape index (κ2) is 7.14. The van der Waals surface area contributed by atoms with E-state index in [1.165, 1.54) is 10.2 Å². The third-order valence-electron chi connectivity index (χ3n) is 3.07. The molecule has 1 atom stereocenters. The van der Waals surface area contributed by atoms with Crippen LogP contribution in [-0.2, 0) is 19.9 Å². The molecule has 0 aliphatic carbocycles. The van der Waals surface area contributed by atoms with Gasteiger partial charge in [-0.3, -0.25) is 4.68 Å². The van der Waals surface area contributed by atoms with E-state index in [-0.39, 0.29) is 0 Å². The van der Waals surface area contributed by atoms with Crippen molar-refractivity contribution in [3.05, 3.63) is 15.9 Å². The molecule has 1 aromatic rings. The van der Waals surface area contributed by atoms with Crippen LogP contribution >= 0.6 is 27.7 Å². The minimum Gasteiger partial charge on any atom is -0.316 e. The molecule has 0 saturated heterocycles. The van der Waals surface area contributed by atoms with Gasteiger partial charge in [0.1, 0.15) is 0 Å². The summed E-state index contributed by atoms with van der Waals surface area (Å²) in [5, 5.41) is 7.98. The molecule has 1 N–H and O–H groups in total. The average molecular weight is 348 g/mol. The largest absolute Gasteiger partial charge is 0.316 e. The lowest BCUT2D eigenvalue weighted by atomic mass is 10.1. The van der Waals surface area contributed by atoms with E-state index in [0.717, 1.165) is 24.3 Å². The number of rotatable bonds is 6. The Bertz CT molecular complexity index is 410. The Kier molecular flexibility index (Phi) is 6.40. The lowest BCUT2D eigenvalue weighted by Crippen LogP contribution is -2.32. The molecule has 1 aromatic heterocycles. The number of nitrogens with zero attached hydrogens (tertiary/aromatic N) is 2. The number of hydrogen-bond acceptors (Lipinski definition) is 3. The van der Waals surface area contributed by atoms with Gasteiger partial charge < -0.3 is 5.32 Å². The molecule has 0 saturated carbocycles. The van der Waals surface area contributed by atoms with Crippen molar-refractivity contribution in [3.63, 3.8) is 0 Å². The summed E-state index contributed by atoms with van der Waals surface area (Å²) in [7, 11) is 4.07. The van der Waals surface area contributed by atoms with Crippen LogP contribution in [0.4, 0.5) is 0 Å². The molecule has 1 rings (SSSR count). The van der Waals surface area contributed by atoms with Crippen molar-refractivity contribution in [3.8, 4) is 0 Å². The van der Waals surface area contributed by atoms with Crippen molar-refractivity contribution in [1.82, 2.24) is 15.1 Å². The molecule has 19 heavy (non-hydrogen) atoms. The molecule has 0 amide bonds. The van der Waals surface area contributed by atoms with Gasteiger partial charge in [-0.2, -0.15) is 16.9 Å². The molecular formula is C14H26BrN3S. The minimum atomic E-state index is 0.313. The number of likely N-dealkylation sites (N-methyl/N-ethyl adjacent to an activating group) is 1. The molecule has 0 fully saturated rings. The Hall–Kier alpha value is -0.0000000000000000555. The van der Waals surface area contributed by atoms with Gasteiger partial charge in [0.25, 0.3) is 0 Å². The first kappa shape index (κ1) is 17.1. The molecule has 0 aromatic carbocycles. The van der Waals surface area contributed by atoms with Crippen LogP contribution in [0.3, 0.4) is 0 Å². The fourth-order valence-corrected chi connectivity index (χ4v) is 3.63. The second-order valence-corrected chi connectivity index (χ2v) is 8.44. The highest BCUT2D eigenvalue weighted by molar-refractivity contribution is 9.10. The maximum atomic E-state index is 4.56. The zero-order valence-corrected chi connectivity index (χ0v) is 15.3. The van der Waals surface area contributed by atoms with E-state index in [2.05, 4.69) is 54.0 Å². The van der Waals surface area contributed by atoms with Crippen LogP contribution in [0.2, 0.25) is 0 Å². The summed E-state index contributed by atoms with van der Waals surface area (Å²) in [5.74, 6) is 1.11. The van der Waals surface area contributed by atoms with Crippen molar-refractivity contribution < 1.29 is 0 Å². The Morgan fingerprint density at radius 1 is 1.42 bits per heavy atom. The Morgan fingerprint density at radius 2 is 2.05 bits per heavy atom. The molecule has 0 bridgehead atoms. The third-order valence-corrected chi connectivity index (χ3v) is 5.42. The van der Waals surface area contributed by atoms with E-state index in [1.807, 2.05) is 30.5 Å². The normalized spacial score (nSPS) is 13.8. The predicted molar refractivity (Wildman–Crippen MR) is 89.0 cm³/mol. The summed E-state index contributed by atoms with van der Waals surface area (Å²) in [5.41, 5.74) is 2.43. The van der Waals surface area contributed by atoms with Crippen LogP contribution in [0.1, 0.15) is 39.1 Å².